The molecule has 0 aliphatic carbocycles. The van der Waals surface area contributed by atoms with E-state index in [-0.39, 0.29) is 5.82 Å². The predicted octanol–water partition coefficient (Wildman–Crippen LogP) is 2.48. The maximum atomic E-state index is 13.9. The molecule has 0 bridgehead atoms. The van der Waals surface area contributed by atoms with Crippen LogP contribution in [0.5, 0.6) is 0 Å². The molecule has 0 atom stereocenters. The Hall–Kier alpha value is -1.78. The fraction of sp³-hybridized carbons (Fsp3) is 0.308. The Kier molecular flexibility index (Phi) is 3.41. The molecular weight excluding hydrogens is 228 g/mol. The molecule has 0 aliphatic heterocycles. The third-order valence-electron chi connectivity index (χ3n) is 2.98. The highest BCUT2D eigenvalue weighted by atomic mass is 19.1. The number of nitrogen functional groups attached to an aromatic ring is 1. The van der Waals surface area contributed by atoms with Gasteiger partial charge in [-0.15, -0.1) is 0 Å². The second kappa shape index (κ2) is 4.84. The highest BCUT2D eigenvalue weighted by molar-refractivity contribution is 6.08. The van der Waals surface area contributed by atoms with Gasteiger partial charge in [0.05, 0.1) is 13.5 Å². The monoisotopic (exact) mass is 243 g/mol. The number of nitrogens with zero attached hydrogens (tertiary/aromatic N) is 2. The molecule has 2 rings (SSSR count). The van der Waals surface area contributed by atoms with Gasteiger partial charge in [-0.2, -0.15) is 5.10 Å². The Balaban J connectivity index is 2.56. The topological polar surface area (TPSA) is 43.8 Å². The van der Waals surface area contributed by atoms with Gasteiger partial charge in [0.25, 0.3) is 0 Å². The Morgan fingerprint density at radius 2 is 2.11 bits per heavy atom. The van der Waals surface area contributed by atoms with Crippen molar-refractivity contribution >= 4 is 13.5 Å². The van der Waals surface area contributed by atoms with E-state index in [1.165, 1.54) is 6.07 Å². The summed E-state index contributed by atoms with van der Waals surface area (Å²) in [4.78, 5) is 0. The van der Waals surface area contributed by atoms with Crippen molar-refractivity contribution in [1.29, 1.82) is 0 Å². The van der Waals surface area contributed by atoms with Crippen LogP contribution in [0.3, 0.4) is 0 Å². The van der Waals surface area contributed by atoms with Crippen LogP contribution >= 0.6 is 0 Å². The molecular formula is C13H15BFN3. The van der Waals surface area contributed by atoms with Crippen molar-refractivity contribution in [2.45, 2.75) is 26.7 Å². The van der Waals surface area contributed by atoms with Crippen molar-refractivity contribution in [3.05, 3.63) is 35.4 Å². The standard InChI is InChI=1S/C13H15BFN3/c1-8-13(9(2)18(17-8)6-5-14)11-4-3-10(16)7-12(11)15/h3-4,7H,5-6,16H2,1-2H3. The van der Waals surface area contributed by atoms with Gasteiger partial charge < -0.3 is 5.73 Å². The van der Waals surface area contributed by atoms with Crippen molar-refractivity contribution < 1.29 is 4.39 Å². The minimum atomic E-state index is -0.325. The van der Waals surface area contributed by atoms with E-state index in [0.717, 1.165) is 17.0 Å². The summed E-state index contributed by atoms with van der Waals surface area (Å²) in [5.74, 6) is -0.325. The summed E-state index contributed by atoms with van der Waals surface area (Å²) >= 11 is 0. The smallest absolute Gasteiger partial charge is 0.133 e. The second-order valence-corrected chi connectivity index (χ2v) is 4.30. The highest BCUT2D eigenvalue weighted by Crippen LogP contribution is 2.30. The van der Waals surface area contributed by atoms with Crippen LogP contribution in [0, 0.1) is 19.7 Å². The number of aromatic nitrogens is 2. The quantitative estimate of drug-likeness (QED) is 0.664. The van der Waals surface area contributed by atoms with Gasteiger partial charge in [0.1, 0.15) is 5.82 Å². The number of hydrogen-bond acceptors (Lipinski definition) is 2. The summed E-state index contributed by atoms with van der Waals surface area (Å²) in [6, 6.07) is 4.71. The number of halogens is 1. The normalized spacial score (nSPS) is 10.8. The van der Waals surface area contributed by atoms with E-state index >= 15 is 0 Å². The fourth-order valence-corrected chi connectivity index (χ4v) is 2.16. The number of nitrogens with two attached hydrogens (primary N) is 1. The summed E-state index contributed by atoms with van der Waals surface area (Å²) in [6.45, 7) is 4.41. The Morgan fingerprint density at radius 3 is 2.72 bits per heavy atom. The molecule has 0 saturated heterocycles. The number of hydrogen-bond donors (Lipinski definition) is 1. The first-order valence-corrected chi connectivity index (χ1v) is 5.84. The average molecular weight is 243 g/mol. The van der Waals surface area contributed by atoms with Gasteiger partial charge >= 0.3 is 0 Å². The lowest BCUT2D eigenvalue weighted by Gasteiger charge is -2.06. The predicted molar refractivity (Wildman–Crippen MR) is 72.1 cm³/mol. The van der Waals surface area contributed by atoms with Crippen LogP contribution in [0.1, 0.15) is 11.4 Å². The first-order chi connectivity index (χ1) is 8.54. The van der Waals surface area contributed by atoms with Crippen molar-refractivity contribution in [3.63, 3.8) is 0 Å². The lowest BCUT2D eigenvalue weighted by atomic mass is 10.0. The van der Waals surface area contributed by atoms with Gasteiger partial charge in [0.15, 0.2) is 0 Å². The largest absolute Gasteiger partial charge is 0.399 e. The molecule has 2 radical (unpaired) electrons. The zero-order chi connectivity index (χ0) is 13.3. The van der Waals surface area contributed by atoms with E-state index in [4.69, 9.17) is 13.6 Å². The Bertz CT molecular complexity index is 578. The van der Waals surface area contributed by atoms with Crippen molar-refractivity contribution in [2.75, 3.05) is 5.73 Å². The van der Waals surface area contributed by atoms with E-state index in [1.807, 2.05) is 13.8 Å². The van der Waals surface area contributed by atoms with Gasteiger partial charge in [-0.05, 0) is 32.0 Å². The summed E-state index contributed by atoms with van der Waals surface area (Å²) in [7, 11) is 5.53. The molecule has 1 aromatic carbocycles. The van der Waals surface area contributed by atoms with Gasteiger partial charge in [-0.3, -0.25) is 4.68 Å². The molecule has 0 fully saturated rings. The summed E-state index contributed by atoms with van der Waals surface area (Å²) in [6.07, 6.45) is 0.506. The van der Waals surface area contributed by atoms with Gasteiger partial charge in [0, 0.05) is 29.1 Å². The van der Waals surface area contributed by atoms with E-state index in [1.54, 1.807) is 16.8 Å². The molecule has 0 spiro atoms. The maximum absolute atomic E-state index is 13.9. The van der Waals surface area contributed by atoms with Crippen LogP contribution in [-0.4, -0.2) is 17.6 Å². The van der Waals surface area contributed by atoms with Crippen LogP contribution in [0.4, 0.5) is 10.1 Å². The van der Waals surface area contributed by atoms with E-state index in [0.29, 0.717) is 24.1 Å². The molecule has 1 heterocycles. The van der Waals surface area contributed by atoms with Crippen LogP contribution in [-0.2, 0) is 6.54 Å². The number of anilines is 1. The second-order valence-electron chi connectivity index (χ2n) is 4.30. The summed E-state index contributed by atoms with van der Waals surface area (Å²) in [5, 5.41) is 4.38. The lowest BCUT2D eigenvalue weighted by Crippen LogP contribution is -2.01. The molecule has 0 unspecified atom stereocenters. The molecule has 0 amide bonds. The zero-order valence-electron chi connectivity index (χ0n) is 10.6. The molecule has 1 aromatic heterocycles. The van der Waals surface area contributed by atoms with E-state index < -0.39 is 0 Å². The third kappa shape index (κ3) is 2.12. The molecule has 0 aliphatic rings. The van der Waals surface area contributed by atoms with Gasteiger partial charge in [0.2, 0.25) is 0 Å². The number of benzene rings is 1. The van der Waals surface area contributed by atoms with Crippen LogP contribution in [0.2, 0.25) is 6.32 Å². The summed E-state index contributed by atoms with van der Waals surface area (Å²) < 4.78 is 15.8. The van der Waals surface area contributed by atoms with Crippen LogP contribution in [0.25, 0.3) is 11.1 Å². The van der Waals surface area contributed by atoms with Crippen LogP contribution < -0.4 is 5.73 Å². The first-order valence-electron chi connectivity index (χ1n) is 5.84. The van der Waals surface area contributed by atoms with Crippen molar-refractivity contribution in [2.24, 2.45) is 0 Å². The molecule has 3 nitrogen and oxygen atoms in total. The highest BCUT2D eigenvalue weighted by Gasteiger charge is 2.16. The minimum absolute atomic E-state index is 0.325. The zero-order valence-corrected chi connectivity index (χ0v) is 10.6. The molecule has 92 valence electrons. The Labute approximate surface area is 107 Å². The number of rotatable bonds is 3. The van der Waals surface area contributed by atoms with Crippen molar-refractivity contribution in [3.8, 4) is 11.1 Å². The van der Waals surface area contributed by atoms with Crippen LogP contribution in [0.15, 0.2) is 18.2 Å². The summed E-state index contributed by atoms with van der Waals surface area (Å²) in [5.41, 5.74) is 9.04. The molecule has 5 heteroatoms. The van der Waals surface area contributed by atoms with Crippen molar-refractivity contribution in [1.82, 2.24) is 9.78 Å². The average Bonchev–Trinajstić information content (AvgIpc) is 2.56. The van der Waals surface area contributed by atoms with E-state index in [9.17, 15) is 4.39 Å². The van der Waals surface area contributed by atoms with E-state index in [2.05, 4.69) is 5.10 Å². The minimum Gasteiger partial charge on any atom is -0.399 e. The Morgan fingerprint density at radius 1 is 1.39 bits per heavy atom. The number of aryl methyl sites for hydroxylation is 2. The van der Waals surface area contributed by atoms with Gasteiger partial charge in [-0.1, -0.05) is 6.32 Å². The fourth-order valence-electron chi connectivity index (χ4n) is 2.16. The lowest BCUT2D eigenvalue weighted by molar-refractivity contribution is 0.629. The van der Waals surface area contributed by atoms with Gasteiger partial charge in [-0.25, -0.2) is 4.39 Å². The SMILES string of the molecule is [B]CCn1nc(C)c(-c2ccc(N)cc2F)c1C. The molecule has 2 N–H and O–H groups in total. The molecule has 18 heavy (non-hydrogen) atoms. The molecule has 2 aromatic rings. The maximum Gasteiger partial charge on any atom is 0.133 e. The molecule has 0 saturated carbocycles. The third-order valence-corrected chi connectivity index (χ3v) is 2.98. The first kappa shape index (κ1) is 12.7.